The molecule has 0 aliphatic rings. The lowest BCUT2D eigenvalue weighted by molar-refractivity contribution is 0.411. The number of anilines is 4. The Labute approximate surface area is 214 Å². The van der Waals surface area contributed by atoms with Gasteiger partial charge in [-0.05, 0) is 45.8 Å². The van der Waals surface area contributed by atoms with Gasteiger partial charge in [-0.2, -0.15) is 20.1 Å². The molecular formula is C24H21Br2N7O. The highest BCUT2D eigenvalue weighted by molar-refractivity contribution is 9.11. The largest absolute Gasteiger partial charge is 0.495 e. The minimum absolute atomic E-state index is 0.285. The number of hydrogen-bond acceptors (Lipinski definition) is 8. The van der Waals surface area contributed by atoms with Crippen molar-refractivity contribution >= 4 is 61.6 Å². The van der Waals surface area contributed by atoms with Crippen LogP contribution in [0.25, 0.3) is 0 Å². The summed E-state index contributed by atoms with van der Waals surface area (Å²) in [7, 11) is 1.61. The molecule has 0 unspecified atom stereocenters. The van der Waals surface area contributed by atoms with Crippen LogP contribution in [0.4, 0.5) is 23.5 Å². The van der Waals surface area contributed by atoms with E-state index in [4.69, 9.17) is 4.74 Å². The molecule has 34 heavy (non-hydrogen) atoms. The van der Waals surface area contributed by atoms with Crippen molar-refractivity contribution in [3.63, 3.8) is 0 Å². The maximum absolute atomic E-state index is 5.46. The summed E-state index contributed by atoms with van der Waals surface area (Å²) in [5.41, 5.74) is 5.64. The standard InChI is InChI=1S/C24H21Br2N7O/c1-34-21-17(12-18(25)13-20(21)26)15-28-33-24-31-22(27-14-16-8-4-2-5-9-16)30-23(32-24)29-19-10-6-3-7-11-19/h2-13,15H,14H2,1H3,(H3,27,29,30,31,32,33)/b28-15+. The summed E-state index contributed by atoms with van der Waals surface area (Å²) in [6.07, 6.45) is 1.64. The van der Waals surface area contributed by atoms with Crippen LogP contribution in [0.1, 0.15) is 11.1 Å². The van der Waals surface area contributed by atoms with Crippen LogP contribution < -0.4 is 20.8 Å². The fourth-order valence-corrected chi connectivity index (χ4v) is 4.46. The number of hydrogen-bond donors (Lipinski definition) is 3. The van der Waals surface area contributed by atoms with Crippen LogP contribution >= 0.6 is 31.9 Å². The highest BCUT2D eigenvalue weighted by Gasteiger charge is 2.09. The third-order valence-corrected chi connectivity index (χ3v) is 5.62. The van der Waals surface area contributed by atoms with E-state index in [1.807, 2.05) is 72.8 Å². The molecule has 10 heteroatoms. The van der Waals surface area contributed by atoms with Crippen LogP contribution in [0.5, 0.6) is 5.75 Å². The van der Waals surface area contributed by atoms with Crippen LogP contribution in [-0.2, 0) is 6.54 Å². The first kappa shape index (κ1) is 23.7. The zero-order valence-electron chi connectivity index (χ0n) is 18.2. The van der Waals surface area contributed by atoms with Gasteiger partial charge in [-0.1, -0.05) is 64.5 Å². The number of benzene rings is 3. The molecule has 3 N–H and O–H groups in total. The molecule has 1 heterocycles. The second-order valence-electron chi connectivity index (χ2n) is 7.02. The monoisotopic (exact) mass is 581 g/mol. The van der Waals surface area contributed by atoms with E-state index in [0.29, 0.717) is 24.2 Å². The van der Waals surface area contributed by atoms with Gasteiger partial charge in [0.1, 0.15) is 5.75 Å². The Bertz CT molecular complexity index is 1270. The first-order valence-electron chi connectivity index (χ1n) is 10.3. The number of aromatic nitrogens is 3. The predicted octanol–water partition coefficient (Wildman–Crippen LogP) is 6.21. The average Bonchev–Trinajstić information content (AvgIpc) is 2.84. The van der Waals surface area contributed by atoms with E-state index in [-0.39, 0.29) is 5.95 Å². The molecule has 3 aromatic carbocycles. The molecule has 0 aliphatic carbocycles. The van der Waals surface area contributed by atoms with Gasteiger partial charge in [-0.15, -0.1) is 0 Å². The molecule has 4 rings (SSSR count). The number of ether oxygens (including phenoxy) is 1. The van der Waals surface area contributed by atoms with Gasteiger partial charge in [-0.25, -0.2) is 5.43 Å². The number of nitrogens with one attached hydrogen (secondary N) is 3. The van der Waals surface area contributed by atoms with E-state index < -0.39 is 0 Å². The highest BCUT2D eigenvalue weighted by Crippen LogP contribution is 2.31. The molecule has 0 atom stereocenters. The second-order valence-corrected chi connectivity index (χ2v) is 8.79. The summed E-state index contributed by atoms with van der Waals surface area (Å²) >= 11 is 6.98. The summed E-state index contributed by atoms with van der Waals surface area (Å²) in [5, 5.41) is 10.7. The zero-order valence-corrected chi connectivity index (χ0v) is 21.3. The SMILES string of the molecule is COc1c(Br)cc(Br)cc1/C=N/Nc1nc(NCc2ccccc2)nc(Nc2ccccc2)n1. The number of rotatable bonds is 9. The molecule has 172 valence electrons. The van der Waals surface area contributed by atoms with Crippen LogP contribution in [0.3, 0.4) is 0 Å². The molecule has 0 aliphatic heterocycles. The molecule has 8 nitrogen and oxygen atoms in total. The summed E-state index contributed by atoms with van der Waals surface area (Å²) in [6.45, 7) is 0.571. The number of para-hydroxylation sites is 1. The van der Waals surface area contributed by atoms with Crippen molar-refractivity contribution in [3.8, 4) is 5.75 Å². The third-order valence-electron chi connectivity index (χ3n) is 4.57. The van der Waals surface area contributed by atoms with E-state index in [0.717, 1.165) is 25.8 Å². The van der Waals surface area contributed by atoms with Gasteiger partial charge in [0.15, 0.2) is 0 Å². The molecule has 4 aromatic rings. The topological polar surface area (TPSA) is 96.4 Å². The predicted molar refractivity (Wildman–Crippen MR) is 143 cm³/mol. The minimum Gasteiger partial charge on any atom is -0.495 e. The molecule has 0 fully saturated rings. The van der Waals surface area contributed by atoms with Crippen molar-refractivity contribution < 1.29 is 4.74 Å². The fraction of sp³-hybridized carbons (Fsp3) is 0.0833. The lowest BCUT2D eigenvalue weighted by Crippen LogP contribution is -2.09. The van der Waals surface area contributed by atoms with Crippen molar-refractivity contribution in [2.24, 2.45) is 5.10 Å². The molecular weight excluding hydrogens is 562 g/mol. The van der Waals surface area contributed by atoms with Gasteiger partial charge >= 0.3 is 0 Å². The lowest BCUT2D eigenvalue weighted by atomic mass is 10.2. The Balaban J connectivity index is 1.56. The molecule has 1 aromatic heterocycles. The quantitative estimate of drug-likeness (QED) is 0.159. The van der Waals surface area contributed by atoms with Gasteiger partial charge in [0.2, 0.25) is 17.8 Å². The van der Waals surface area contributed by atoms with Gasteiger partial charge in [0.25, 0.3) is 0 Å². The summed E-state index contributed by atoms with van der Waals surface area (Å²) in [4.78, 5) is 13.4. The number of nitrogens with zero attached hydrogens (tertiary/aromatic N) is 4. The Morgan fingerprint density at radius 1 is 0.882 bits per heavy atom. The average molecular weight is 583 g/mol. The van der Waals surface area contributed by atoms with Crippen LogP contribution in [-0.4, -0.2) is 28.3 Å². The summed E-state index contributed by atoms with van der Waals surface area (Å²) in [6, 6.07) is 23.5. The highest BCUT2D eigenvalue weighted by atomic mass is 79.9. The smallest absolute Gasteiger partial charge is 0.250 e. The maximum Gasteiger partial charge on any atom is 0.250 e. The fourth-order valence-electron chi connectivity index (χ4n) is 3.04. The normalized spacial score (nSPS) is 10.8. The second kappa shape index (κ2) is 11.6. The van der Waals surface area contributed by atoms with Gasteiger partial charge < -0.3 is 15.4 Å². The zero-order chi connectivity index (χ0) is 23.8. The Kier molecular flexibility index (Phi) is 8.05. The number of methoxy groups -OCH3 is 1. The van der Waals surface area contributed by atoms with Crippen molar-refractivity contribution in [2.45, 2.75) is 6.54 Å². The van der Waals surface area contributed by atoms with Gasteiger partial charge in [0.05, 0.1) is 17.8 Å². The van der Waals surface area contributed by atoms with Crippen LogP contribution in [0.2, 0.25) is 0 Å². The Morgan fingerprint density at radius 3 is 2.29 bits per heavy atom. The van der Waals surface area contributed by atoms with Gasteiger partial charge in [0, 0.05) is 22.3 Å². The van der Waals surface area contributed by atoms with Crippen LogP contribution in [0.15, 0.2) is 86.8 Å². The number of halogens is 2. The van der Waals surface area contributed by atoms with E-state index in [1.54, 1.807) is 13.3 Å². The lowest BCUT2D eigenvalue weighted by Gasteiger charge is -2.10. The Morgan fingerprint density at radius 2 is 1.56 bits per heavy atom. The first-order valence-corrected chi connectivity index (χ1v) is 11.9. The summed E-state index contributed by atoms with van der Waals surface area (Å²) in [5.74, 6) is 1.75. The molecule has 0 saturated heterocycles. The van der Waals surface area contributed by atoms with Crippen molar-refractivity contribution in [1.29, 1.82) is 0 Å². The molecule has 0 spiro atoms. The third kappa shape index (κ3) is 6.52. The molecule has 0 bridgehead atoms. The molecule has 0 radical (unpaired) electrons. The molecule has 0 amide bonds. The summed E-state index contributed by atoms with van der Waals surface area (Å²) < 4.78 is 7.17. The van der Waals surface area contributed by atoms with E-state index in [1.165, 1.54) is 0 Å². The first-order chi connectivity index (χ1) is 16.6. The van der Waals surface area contributed by atoms with E-state index in [2.05, 4.69) is 68.0 Å². The van der Waals surface area contributed by atoms with Crippen molar-refractivity contribution in [2.75, 3.05) is 23.2 Å². The molecule has 0 saturated carbocycles. The van der Waals surface area contributed by atoms with Crippen molar-refractivity contribution in [1.82, 2.24) is 15.0 Å². The maximum atomic E-state index is 5.46. The van der Waals surface area contributed by atoms with Crippen molar-refractivity contribution in [3.05, 3.63) is 92.9 Å². The number of hydrazone groups is 1. The van der Waals surface area contributed by atoms with E-state index >= 15 is 0 Å². The minimum atomic E-state index is 0.285. The Hall–Kier alpha value is -3.50. The van der Waals surface area contributed by atoms with Gasteiger partial charge in [-0.3, -0.25) is 0 Å². The van der Waals surface area contributed by atoms with E-state index in [9.17, 15) is 0 Å². The van der Waals surface area contributed by atoms with Crippen LogP contribution in [0, 0.1) is 0 Å².